The molecule has 5 heavy (non-hydrogen) atoms. The Morgan fingerprint density at radius 2 is 2.40 bits per heavy atom. The van der Waals surface area contributed by atoms with E-state index in [1.54, 1.807) is 19.1 Å². The molecule has 0 aromatic rings. The van der Waals surface area contributed by atoms with Crippen LogP contribution in [0.1, 0.15) is 6.92 Å². The Bertz CT molecular complexity index is 66.2. The van der Waals surface area contributed by atoms with Crippen LogP contribution in [0.25, 0.3) is 0 Å². The van der Waals surface area contributed by atoms with Crippen molar-refractivity contribution in [2.75, 3.05) is 0 Å². The normalized spacial score (nSPS) is 8.00. The predicted molar refractivity (Wildman–Crippen MR) is 19.4 cm³/mol. The van der Waals surface area contributed by atoms with Gasteiger partial charge in [-0.25, -0.2) is 0 Å². The molecule has 0 amide bonds. The van der Waals surface area contributed by atoms with Gasteiger partial charge >= 0.3 is 29.9 Å². The van der Waals surface area contributed by atoms with E-state index in [2.05, 4.69) is 0 Å². The van der Waals surface area contributed by atoms with Crippen LogP contribution in [0.15, 0.2) is 12.2 Å². The van der Waals surface area contributed by atoms with Gasteiger partial charge in [0.05, 0.1) is 0 Å². The van der Waals surface area contributed by atoms with Crippen molar-refractivity contribution < 1.29 is 4.65 Å². The van der Waals surface area contributed by atoms with Crippen LogP contribution in [0, 0.1) is 6.15 Å². The van der Waals surface area contributed by atoms with Crippen LogP contribution in [0.4, 0.5) is 0 Å². The van der Waals surface area contributed by atoms with Gasteiger partial charge in [0.2, 0.25) is 0 Å². The third kappa shape index (κ3) is 3.48. The molecule has 0 aliphatic carbocycles. The summed E-state index contributed by atoms with van der Waals surface area (Å²) in [5.41, 5.74) is 0. The summed E-state index contributed by atoms with van der Waals surface area (Å²) in [6.07, 6.45) is 4.54. The van der Waals surface area contributed by atoms with Gasteiger partial charge in [-0.3, -0.25) is 0 Å². The maximum atomic E-state index is 9.19. The third-order valence-electron chi connectivity index (χ3n) is 0.235. The Morgan fingerprint density at radius 1 is 1.80 bits per heavy atom. The van der Waals surface area contributed by atoms with Crippen molar-refractivity contribution in [1.29, 1.82) is 0 Å². The molecule has 0 rings (SSSR count). The quantitative estimate of drug-likeness (QED) is 0.377. The first-order chi connectivity index (χ1) is 2.41. The fourth-order valence-electron chi connectivity index (χ4n) is 0.0680. The predicted octanol–water partition coefficient (Wildman–Crippen LogP) is 0.952. The molecule has 0 fully saturated rings. The zero-order chi connectivity index (χ0) is 4.12. The van der Waals surface area contributed by atoms with Crippen molar-refractivity contribution in [2.45, 2.75) is 6.92 Å². The van der Waals surface area contributed by atoms with E-state index in [1.807, 2.05) is 0 Å². The molecule has 0 unspecified atom stereocenters. The molecule has 0 aromatic heterocycles. The summed E-state index contributed by atoms with van der Waals surface area (Å²) < 4.78 is 9.19. The molecular formula is C4H5O+. The first-order valence-corrected chi connectivity index (χ1v) is 1.40. The summed E-state index contributed by atoms with van der Waals surface area (Å²) in [5.74, 6) is 0. The van der Waals surface area contributed by atoms with E-state index in [9.17, 15) is 4.65 Å². The van der Waals surface area contributed by atoms with Gasteiger partial charge in [0, 0.05) is 0 Å². The second-order valence-corrected chi connectivity index (χ2v) is 0.618. The van der Waals surface area contributed by atoms with Crippen LogP contribution < -0.4 is 0 Å². The molecule has 0 atom stereocenters. The van der Waals surface area contributed by atoms with Crippen molar-refractivity contribution in [3.63, 3.8) is 0 Å². The third-order valence-corrected chi connectivity index (χ3v) is 0.235. The minimum absolute atomic E-state index is 1.32. The molecule has 0 saturated heterocycles. The first-order valence-electron chi connectivity index (χ1n) is 1.40. The monoisotopic (exact) mass is 69.0 g/mol. The van der Waals surface area contributed by atoms with Crippen molar-refractivity contribution in [2.24, 2.45) is 0 Å². The molecule has 0 aliphatic rings. The Labute approximate surface area is 31.0 Å². The van der Waals surface area contributed by atoms with E-state index >= 15 is 0 Å². The number of hydrogen-bond acceptors (Lipinski definition) is 0. The molecule has 26 valence electrons. The van der Waals surface area contributed by atoms with Crippen LogP contribution in [0.3, 0.4) is 0 Å². The van der Waals surface area contributed by atoms with E-state index in [0.29, 0.717) is 0 Å². The molecule has 0 aromatic carbocycles. The first kappa shape index (κ1) is 4.48. The Morgan fingerprint density at radius 3 is 2.40 bits per heavy atom. The molecule has 0 saturated carbocycles. The Hall–Kier alpha value is -0.520. The zero-order valence-corrected chi connectivity index (χ0v) is 3.06. The molecule has 0 bridgehead atoms. The second-order valence-electron chi connectivity index (χ2n) is 0.618. The Kier molecular flexibility index (Phi) is 3.12. The van der Waals surface area contributed by atoms with Crippen molar-refractivity contribution in [1.82, 2.24) is 0 Å². The van der Waals surface area contributed by atoms with Gasteiger partial charge in [-0.05, 0) is 0 Å². The van der Waals surface area contributed by atoms with Crippen molar-refractivity contribution in [3.8, 4) is 6.15 Å². The van der Waals surface area contributed by atoms with Crippen LogP contribution >= 0.6 is 0 Å². The fraction of sp³-hybridized carbons (Fsp3) is 0.250. The molecule has 0 spiro atoms. The van der Waals surface area contributed by atoms with Crippen LogP contribution in [0.2, 0.25) is 0 Å². The molecule has 0 radical (unpaired) electrons. The molecule has 1 nitrogen and oxygen atoms in total. The van der Waals surface area contributed by atoms with Gasteiger partial charge in [-0.2, -0.15) is 0 Å². The fourth-order valence-corrected chi connectivity index (χ4v) is 0.0680. The summed E-state index contributed by atoms with van der Waals surface area (Å²) in [5, 5.41) is 0. The summed E-state index contributed by atoms with van der Waals surface area (Å²) in [6, 6.07) is 0. The van der Waals surface area contributed by atoms with E-state index in [4.69, 9.17) is 0 Å². The SMILES string of the molecule is C/C=C/C#[O+]. The van der Waals surface area contributed by atoms with Gasteiger partial charge in [0.15, 0.2) is 0 Å². The molecule has 0 N–H and O–H groups in total. The standard InChI is InChI=1S/C4H5O/c1-2-3-4-5/h2-3H,1H3/q+1/b3-2+. The average Bonchev–Trinajstić information content (AvgIpc) is 1.41. The number of allylic oxidation sites excluding steroid dienone is 2. The summed E-state index contributed by atoms with van der Waals surface area (Å²) in [7, 11) is 0. The van der Waals surface area contributed by atoms with Crippen LogP contribution in [0.5, 0.6) is 0 Å². The zero-order valence-electron chi connectivity index (χ0n) is 3.06. The maximum absolute atomic E-state index is 9.19. The van der Waals surface area contributed by atoms with Crippen LogP contribution in [-0.4, -0.2) is 0 Å². The second kappa shape index (κ2) is 3.48. The van der Waals surface area contributed by atoms with Gasteiger partial charge < -0.3 is 0 Å². The van der Waals surface area contributed by atoms with E-state index < -0.39 is 0 Å². The van der Waals surface area contributed by atoms with Gasteiger partial charge in [-0.15, -0.1) is 0 Å². The van der Waals surface area contributed by atoms with Crippen LogP contribution in [-0.2, 0) is 4.65 Å². The van der Waals surface area contributed by atoms with Gasteiger partial charge in [0.25, 0.3) is 0 Å². The van der Waals surface area contributed by atoms with E-state index in [0.717, 1.165) is 0 Å². The summed E-state index contributed by atoms with van der Waals surface area (Å²) >= 11 is 0. The Balaban J connectivity index is 3.04. The molecule has 0 aliphatic heterocycles. The number of rotatable bonds is 0. The van der Waals surface area contributed by atoms with E-state index in [-0.39, 0.29) is 0 Å². The average molecular weight is 69.1 g/mol. The summed E-state index contributed by atoms with van der Waals surface area (Å²) in [4.78, 5) is 0. The summed E-state index contributed by atoms with van der Waals surface area (Å²) in [6.45, 7) is 1.77. The molecular weight excluding hydrogens is 64.0 g/mol. The van der Waals surface area contributed by atoms with Crippen molar-refractivity contribution >= 4 is 0 Å². The van der Waals surface area contributed by atoms with Crippen molar-refractivity contribution in [3.05, 3.63) is 12.2 Å². The van der Waals surface area contributed by atoms with Gasteiger partial charge in [0.1, 0.15) is 0 Å². The molecule has 1 heteroatoms. The number of hydrogen-bond donors (Lipinski definition) is 0. The van der Waals surface area contributed by atoms with Gasteiger partial charge in [-0.1, -0.05) is 0 Å². The van der Waals surface area contributed by atoms with E-state index in [1.165, 1.54) is 6.08 Å². The topological polar surface area (TPSA) is 19.9 Å². The minimum atomic E-state index is 1.32. The molecule has 0 heterocycles.